The number of carbonyl (C=O) groups is 1. The average molecular weight is 411 g/mol. The lowest BCUT2D eigenvalue weighted by atomic mass is 10.1. The van der Waals surface area contributed by atoms with Gasteiger partial charge in [-0.3, -0.25) is 4.79 Å². The van der Waals surface area contributed by atoms with Gasteiger partial charge in [-0.25, -0.2) is 8.42 Å². The largest absolute Gasteiger partial charge is 0.377 e. The molecule has 0 saturated carbocycles. The third kappa shape index (κ3) is 4.74. The number of rotatable bonds is 5. The van der Waals surface area contributed by atoms with Gasteiger partial charge in [0.05, 0.1) is 23.2 Å². The van der Waals surface area contributed by atoms with Crippen molar-refractivity contribution in [2.45, 2.75) is 56.8 Å². The van der Waals surface area contributed by atoms with E-state index in [2.05, 4.69) is 0 Å². The molecular formula is C20H30N2O5S. The molecular weight excluding hydrogens is 380 g/mol. The van der Waals surface area contributed by atoms with Crippen LogP contribution in [-0.4, -0.2) is 74.6 Å². The lowest BCUT2D eigenvalue weighted by Crippen LogP contribution is -2.48. The molecule has 1 aromatic rings. The Morgan fingerprint density at radius 1 is 1.14 bits per heavy atom. The second kappa shape index (κ2) is 8.90. The lowest BCUT2D eigenvalue weighted by Gasteiger charge is -2.34. The Hall–Kier alpha value is -1.48. The fourth-order valence-electron chi connectivity index (χ4n) is 3.92. The quantitative estimate of drug-likeness (QED) is 0.743. The number of morpholine rings is 1. The molecule has 0 spiro atoms. The van der Waals surface area contributed by atoms with Crippen molar-refractivity contribution in [1.29, 1.82) is 0 Å². The summed E-state index contributed by atoms with van der Waals surface area (Å²) in [6.45, 7) is 8.28. The van der Waals surface area contributed by atoms with E-state index in [-0.39, 0.29) is 29.1 Å². The van der Waals surface area contributed by atoms with Crippen LogP contribution in [0.4, 0.5) is 0 Å². The second-order valence-electron chi connectivity index (χ2n) is 7.57. The van der Waals surface area contributed by atoms with E-state index < -0.39 is 10.0 Å². The Balaban J connectivity index is 1.71. The van der Waals surface area contributed by atoms with Crippen LogP contribution in [0, 0.1) is 0 Å². The fourth-order valence-corrected chi connectivity index (χ4v) is 5.51. The van der Waals surface area contributed by atoms with Gasteiger partial charge in [-0.2, -0.15) is 4.31 Å². The highest BCUT2D eigenvalue weighted by atomic mass is 32.2. The minimum atomic E-state index is -3.60. The first-order valence-corrected chi connectivity index (χ1v) is 11.4. The molecule has 0 aromatic heterocycles. The normalized spacial score (nSPS) is 27.0. The molecule has 7 nitrogen and oxygen atoms in total. The van der Waals surface area contributed by atoms with E-state index in [4.69, 9.17) is 9.47 Å². The van der Waals surface area contributed by atoms with E-state index in [1.54, 1.807) is 17.0 Å². The molecule has 0 radical (unpaired) electrons. The number of benzene rings is 1. The summed E-state index contributed by atoms with van der Waals surface area (Å²) in [5, 5.41) is 0. The summed E-state index contributed by atoms with van der Waals surface area (Å²) in [5.41, 5.74) is 0.500. The number of likely N-dealkylation sites (tertiary alicyclic amines) is 1. The molecule has 0 bridgehead atoms. The third-order valence-corrected chi connectivity index (χ3v) is 7.04. The van der Waals surface area contributed by atoms with Crippen molar-refractivity contribution in [3.63, 3.8) is 0 Å². The number of sulfonamides is 1. The van der Waals surface area contributed by atoms with Gasteiger partial charge >= 0.3 is 0 Å². The molecule has 0 N–H and O–H groups in total. The van der Waals surface area contributed by atoms with Gasteiger partial charge < -0.3 is 14.4 Å². The molecule has 3 unspecified atom stereocenters. The van der Waals surface area contributed by atoms with Crippen molar-refractivity contribution in [2.75, 3.05) is 32.8 Å². The van der Waals surface area contributed by atoms with E-state index in [1.165, 1.54) is 16.4 Å². The van der Waals surface area contributed by atoms with Crippen molar-refractivity contribution in [3.05, 3.63) is 29.8 Å². The van der Waals surface area contributed by atoms with Gasteiger partial charge in [0.1, 0.15) is 0 Å². The van der Waals surface area contributed by atoms with E-state index in [0.717, 1.165) is 12.8 Å². The zero-order valence-electron chi connectivity index (χ0n) is 16.8. The van der Waals surface area contributed by atoms with Crippen LogP contribution in [0.1, 0.15) is 44.0 Å². The zero-order chi connectivity index (χ0) is 20.3. The summed E-state index contributed by atoms with van der Waals surface area (Å²) in [7, 11) is -3.60. The van der Waals surface area contributed by atoms with Crippen molar-refractivity contribution in [1.82, 2.24) is 9.21 Å². The molecule has 2 aliphatic rings. The van der Waals surface area contributed by atoms with Crippen molar-refractivity contribution < 1.29 is 22.7 Å². The monoisotopic (exact) mass is 410 g/mol. The van der Waals surface area contributed by atoms with Crippen LogP contribution in [0.3, 0.4) is 0 Å². The van der Waals surface area contributed by atoms with Gasteiger partial charge in [0.25, 0.3) is 5.91 Å². The van der Waals surface area contributed by atoms with Gasteiger partial charge in [0.2, 0.25) is 10.0 Å². The highest BCUT2D eigenvalue weighted by Crippen LogP contribution is 2.22. The molecule has 3 atom stereocenters. The third-order valence-electron chi connectivity index (χ3n) is 5.19. The maximum atomic E-state index is 12.9. The molecule has 2 fully saturated rings. The van der Waals surface area contributed by atoms with Gasteiger partial charge in [0.15, 0.2) is 0 Å². The number of hydrogen-bond donors (Lipinski definition) is 0. The van der Waals surface area contributed by atoms with E-state index in [1.807, 2.05) is 20.8 Å². The molecule has 1 aromatic carbocycles. The standard InChI is InChI=1S/C20H30N2O5S/c1-4-26-18-6-5-11-21(14-18)20(23)17-7-9-19(10-8-17)28(24,25)22-12-15(2)27-16(3)13-22/h7-10,15-16,18H,4-6,11-14H2,1-3H3. The Kier molecular flexibility index (Phi) is 6.75. The summed E-state index contributed by atoms with van der Waals surface area (Å²) in [6, 6.07) is 6.26. The maximum Gasteiger partial charge on any atom is 0.253 e. The smallest absolute Gasteiger partial charge is 0.253 e. The first-order valence-electron chi connectivity index (χ1n) is 9.97. The Morgan fingerprint density at radius 2 is 1.79 bits per heavy atom. The first kappa shape index (κ1) is 21.2. The van der Waals surface area contributed by atoms with Crippen LogP contribution in [0.5, 0.6) is 0 Å². The highest BCUT2D eigenvalue weighted by molar-refractivity contribution is 7.89. The van der Waals surface area contributed by atoms with Gasteiger partial charge in [-0.05, 0) is 57.9 Å². The topological polar surface area (TPSA) is 76.2 Å². The minimum absolute atomic E-state index is 0.0765. The van der Waals surface area contributed by atoms with E-state index >= 15 is 0 Å². The van der Waals surface area contributed by atoms with Gasteiger partial charge in [-0.15, -0.1) is 0 Å². The predicted molar refractivity (Wildman–Crippen MR) is 106 cm³/mol. The number of ether oxygens (including phenoxy) is 2. The van der Waals surface area contributed by atoms with Crippen LogP contribution in [0.25, 0.3) is 0 Å². The molecule has 2 heterocycles. The zero-order valence-corrected chi connectivity index (χ0v) is 17.7. The van der Waals surface area contributed by atoms with Crippen molar-refractivity contribution in [3.8, 4) is 0 Å². The molecule has 28 heavy (non-hydrogen) atoms. The number of carbonyl (C=O) groups excluding carboxylic acids is 1. The number of hydrogen-bond acceptors (Lipinski definition) is 5. The van der Waals surface area contributed by atoms with Gasteiger partial charge in [-0.1, -0.05) is 0 Å². The van der Waals surface area contributed by atoms with Crippen molar-refractivity contribution in [2.24, 2.45) is 0 Å². The summed E-state index contributed by atoms with van der Waals surface area (Å²) >= 11 is 0. The summed E-state index contributed by atoms with van der Waals surface area (Å²) in [4.78, 5) is 14.8. The highest BCUT2D eigenvalue weighted by Gasteiger charge is 2.32. The Morgan fingerprint density at radius 3 is 2.39 bits per heavy atom. The summed E-state index contributed by atoms with van der Waals surface area (Å²) in [5.74, 6) is -0.0815. The molecule has 8 heteroatoms. The van der Waals surface area contributed by atoms with Crippen LogP contribution < -0.4 is 0 Å². The fraction of sp³-hybridized carbons (Fsp3) is 0.650. The minimum Gasteiger partial charge on any atom is -0.377 e. The van der Waals surface area contributed by atoms with Crippen LogP contribution in [0.15, 0.2) is 29.2 Å². The van der Waals surface area contributed by atoms with E-state index in [9.17, 15) is 13.2 Å². The SMILES string of the molecule is CCOC1CCCN(C(=O)c2ccc(S(=O)(=O)N3CC(C)OC(C)C3)cc2)C1. The Labute approximate surface area is 167 Å². The van der Waals surface area contributed by atoms with Crippen LogP contribution >= 0.6 is 0 Å². The molecule has 2 saturated heterocycles. The molecule has 2 aliphatic heterocycles. The number of nitrogens with zero attached hydrogens (tertiary/aromatic N) is 2. The predicted octanol–water partition coefficient (Wildman–Crippen LogP) is 2.13. The second-order valence-corrected chi connectivity index (χ2v) is 9.51. The molecule has 3 rings (SSSR count). The molecule has 156 valence electrons. The Bertz CT molecular complexity index is 768. The lowest BCUT2D eigenvalue weighted by molar-refractivity contribution is -0.0440. The summed E-state index contributed by atoms with van der Waals surface area (Å²) < 4.78 is 38.6. The number of amides is 1. The van der Waals surface area contributed by atoms with Crippen LogP contribution in [-0.2, 0) is 19.5 Å². The summed E-state index contributed by atoms with van der Waals surface area (Å²) in [6.07, 6.45) is 1.67. The maximum absolute atomic E-state index is 12.9. The van der Waals surface area contributed by atoms with Gasteiger partial charge in [0, 0.05) is 38.3 Å². The van der Waals surface area contributed by atoms with E-state index in [0.29, 0.717) is 38.3 Å². The molecule has 1 amide bonds. The molecule has 0 aliphatic carbocycles. The first-order chi connectivity index (χ1) is 13.3. The average Bonchev–Trinajstić information content (AvgIpc) is 2.67. The van der Waals surface area contributed by atoms with Crippen LogP contribution in [0.2, 0.25) is 0 Å². The van der Waals surface area contributed by atoms with Crippen molar-refractivity contribution >= 4 is 15.9 Å². The number of piperidine rings is 1.